The van der Waals surface area contributed by atoms with Crippen LogP contribution < -0.4 is 9.47 Å². The van der Waals surface area contributed by atoms with E-state index >= 15 is 0 Å². The number of rotatable bonds is 9. The Labute approximate surface area is 198 Å². The van der Waals surface area contributed by atoms with Crippen LogP contribution in [-0.2, 0) is 11.2 Å². The molecule has 1 atom stereocenters. The van der Waals surface area contributed by atoms with Gasteiger partial charge in [-0.2, -0.15) is 0 Å². The molecule has 0 heterocycles. The average molecular weight is 459 g/mol. The molecule has 4 aromatic carbocycles. The summed E-state index contributed by atoms with van der Waals surface area (Å²) in [4.78, 5) is 11.7. The van der Waals surface area contributed by atoms with E-state index in [2.05, 4.69) is 0 Å². The van der Waals surface area contributed by atoms with Crippen molar-refractivity contribution in [3.63, 3.8) is 0 Å². The summed E-state index contributed by atoms with van der Waals surface area (Å²) in [6.45, 7) is 0. The van der Waals surface area contributed by atoms with Crippen molar-refractivity contribution in [2.45, 2.75) is 18.9 Å². The van der Waals surface area contributed by atoms with Crippen molar-refractivity contribution >= 4 is 17.6 Å². The van der Waals surface area contributed by atoms with Gasteiger partial charge >= 0.3 is 5.97 Å². The van der Waals surface area contributed by atoms with Crippen LogP contribution in [0.3, 0.4) is 0 Å². The van der Waals surface area contributed by atoms with Crippen LogP contribution in [-0.4, -0.2) is 17.2 Å². The molecule has 0 aromatic heterocycles. The number of aryl methyl sites for hydroxylation is 1. The first kappa shape index (κ1) is 22.4. The highest BCUT2D eigenvalue weighted by molar-refractivity contribution is 6.30. The van der Waals surface area contributed by atoms with Gasteiger partial charge < -0.3 is 14.6 Å². The Morgan fingerprint density at radius 1 is 0.727 bits per heavy atom. The van der Waals surface area contributed by atoms with Gasteiger partial charge in [0.2, 0.25) is 0 Å². The minimum absolute atomic E-state index is 0.359. The molecule has 1 N–H and O–H groups in total. The van der Waals surface area contributed by atoms with E-state index in [0.29, 0.717) is 29.4 Å². The van der Waals surface area contributed by atoms with E-state index in [9.17, 15) is 9.90 Å². The Balaban J connectivity index is 1.34. The van der Waals surface area contributed by atoms with Gasteiger partial charge in [-0.1, -0.05) is 66.2 Å². The molecule has 0 bridgehead atoms. The van der Waals surface area contributed by atoms with Crippen LogP contribution in [0, 0.1) is 0 Å². The van der Waals surface area contributed by atoms with Gasteiger partial charge in [0, 0.05) is 5.02 Å². The molecular formula is C28H23ClO4. The van der Waals surface area contributed by atoms with Crippen LogP contribution in [0.25, 0.3) is 11.1 Å². The molecular weight excluding hydrogens is 436 g/mol. The topological polar surface area (TPSA) is 55.8 Å². The van der Waals surface area contributed by atoms with Gasteiger partial charge in [-0.15, -0.1) is 0 Å². The molecule has 33 heavy (non-hydrogen) atoms. The number of ether oxygens (including phenoxy) is 2. The molecule has 0 spiro atoms. The summed E-state index contributed by atoms with van der Waals surface area (Å²) in [5, 5.41) is 10.3. The maximum absolute atomic E-state index is 11.7. The van der Waals surface area contributed by atoms with Crippen LogP contribution in [0.15, 0.2) is 103 Å². The lowest BCUT2D eigenvalue weighted by atomic mass is 10.0. The fraction of sp³-hybridized carbons (Fsp3) is 0.107. The van der Waals surface area contributed by atoms with E-state index in [1.807, 2.05) is 78.9 Å². The molecule has 1 unspecified atom stereocenters. The zero-order valence-electron chi connectivity index (χ0n) is 17.9. The molecule has 0 aliphatic heterocycles. The summed E-state index contributed by atoms with van der Waals surface area (Å²) in [5.41, 5.74) is 3.21. The van der Waals surface area contributed by atoms with Crippen LogP contribution in [0.1, 0.15) is 12.0 Å². The Morgan fingerprint density at radius 2 is 1.27 bits per heavy atom. The number of benzene rings is 4. The fourth-order valence-electron chi connectivity index (χ4n) is 3.41. The monoisotopic (exact) mass is 458 g/mol. The van der Waals surface area contributed by atoms with Gasteiger partial charge in [0.1, 0.15) is 17.2 Å². The first-order valence-corrected chi connectivity index (χ1v) is 11.0. The van der Waals surface area contributed by atoms with Crippen LogP contribution in [0.5, 0.6) is 17.2 Å². The summed E-state index contributed by atoms with van der Waals surface area (Å²) in [6, 6.07) is 32.2. The second kappa shape index (κ2) is 10.7. The number of para-hydroxylation sites is 1. The Kier molecular flexibility index (Phi) is 7.28. The smallest absolute Gasteiger partial charge is 0.344 e. The number of aliphatic carboxylic acids is 1. The van der Waals surface area contributed by atoms with Gasteiger partial charge in [-0.3, -0.25) is 0 Å². The van der Waals surface area contributed by atoms with E-state index in [4.69, 9.17) is 21.1 Å². The first-order valence-electron chi connectivity index (χ1n) is 10.6. The molecule has 0 saturated carbocycles. The minimum atomic E-state index is -0.989. The Morgan fingerprint density at radius 3 is 1.88 bits per heavy atom. The third-order valence-electron chi connectivity index (χ3n) is 5.18. The maximum Gasteiger partial charge on any atom is 0.344 e. The zero-order valence-corrected chi connectivity index (χ0v) is 18.6. The highest BCUT2D eigenvalue weighted by Gasteiger charge is 2.19. The number of carboxylic acid groups (broad SMARTS) is 1. The molecule has 0 aliphatic carbocycles. The summed E-state index contributed by atoms with van der Waals surface area (Å²) < 4.78 is 11.5. The molecule has 4 aromatic rings. The van der Waals surface area contributed by atoms with Crippen LogP contribution in [0.4, 0.5) is 0 Å². The third kappa shape index (κ3) is 6.37. The van der Waals surface area contributed by atoms with E-state index < -0.39 is 12.1 Å². The number of carboxylic acids is 1. The van der Waals surface area contributed by atoms with E-state index in [1.165, 1.54) is 0 Å². The van der Waals surface area contributed by atoms with E-state index in [-0.39, 0.29) is 0 Å². The molecule has 4 rings (SSSR count). The number of carbonyl (C=O) groups is 1. The molecule has 0 fully saturated rings. The predicted octanol–water partition coefficient (Wildman–Crippen LogP) is 7.26. The number of hydrogen-bond acceptors (Lipinski definition) is 3. The lowest BCUT2D eigenvalue weighted by Gasteiger charge is -2.16. The standard InChI is InChI=1S/C28H23ClO4/c29-23-13-11-22(12-14-23)21-9-6-20(7-10-21)8-19-27(28(30)31)33-26-17-15-25(16-18-26)32-24-4-2-1-3-5-24/h1-7,9-18,27H,8,19H2,(H,30,31). The minimum Gasteiger partial charge on any atom is -0.479 e. The lowest BCUT2D eigenvalue weighted by molar-refractivity contribution is -0.145. The summed E-state index contributed by atoms with van der Waals surface area (Å²) >= 11 is 5.95. The van der Waals surface area contributed by atoms with Crippen molar-refractivity contribution in [1.82, 2.24) is 0 Å². The second-order valence-corrected chi connectivity index (χ2v) is 8.01. The molecule has 0 radical (unpaired) electrons. The van der Waals surface area contributed by atoms with Crippen molar-refractivity contribution in [2.24, 2.45) is 0 Å². The highest BCUT2D eigenvalue weighted by atomic mass is 35.5. The van der Waals surface area contributed by atoms with Crippen LogP contribution in [0.2, 0.25) is 5.02 Å². The highest BCUT2D eigenvalue weighted by Crippen LogP contribution is 2.25. The average Bonchev–Trinajstić information content (AvgIpc) is 2.84. The largest absolute Gasteiger partial charge is 0.479 e. The molecule has 0 saturated heterocycles. The van der Waals surface area contributed by atoms with Crippen molar-refractivity contribution in [3.05, 3.63) is 114 Å². The van der Waals surface area contributed by atoms with Crippen molar-refractivity contribution in [1.29, 1.82) is 0 Å². The molecule has 5 heteroatoms. The van der Waals surface area contributed by atoms with Crippen molar-refractivity contribution < 1.29 is 19.4 Å². The second-order valence-electron chi connectivity index (χ2n) is 7.57. The van der Waals surface area contributed by atoms with Crippen molar-refractivity contribution in [3.8, 4) is 28.4 Å². The molecule has 0 aliphatic rings. The molecule has 166 valence electrons. The van der Waals surface area contributed by atoms with E-state index in [0.717, 1.165) is 22.4 Å². The number of hydrogen-bond donors (Lipinski definition) is 1. The van der Waals surface area contributed by atoms with Gasteiger partial charge in [0.25, 0.3) is 0 Å². The van der Waals surface area contributed by atoms with Gasteiger partial charge in [-0.25, -0.2) is 4.79 Å². The van der Waals surface area contributed by atoms with Crippen LogP contribution >= 0.6 is 11.6 Å². The quantitative estimate of drug-likeness (QED) is 0.286. The fourth-order valence-corrected chi connectivity index (χ4v) is 3.54. The lowest BCUT2D eigenvalue weighted by Crippen LogP contribution is -2.27. The molecule has 4 nitrogen and oxygen atoms in total. The van der Waals surface area contributed by atoms with Crippen molar-refractivity contribution in [2.75, 3.05) is 0 Å². The first-order chi connectivity index (χ1) is 16.1. The molecule has 0 amide bonds. The summed E-state index contributed by atoms with van der Waals surface area (Å²) in [6.07, 6.45) is 0.00662. The summed E-state index contributed by atoms with van der Waals surface area (Å²) in [7, 11) is 0. The van der Waals surface area contributed by atoms with Gasteiger partial charge in [0.15, 0.2) is 6.10 Å². The zero-order chi connectivity index (χ0) is 23.0. The Hall–Kier alpha value is -3.76. The predicted molar refractivity (Wildman–Crippen MR) is 130 cm³/mol. The van der Waals surface area contributed by atoms with E-state index in [1.54, 1.807) is 24.3 Å². The Bertz CT molecular complexity index is 1170. The normalized spacial score (nSPS) is 11.5. The number of halogens is 1. The third-order valence-corrected chi connectivity index (χ3v) is 5.44. The van der Waals surface area contributed by atoms with Gasteiger partial charge in [-0.05, 0) is 78.1 Å². The SMILES string of the molecule is O=C(O)C(CCc1ccc(-c2ccc(Cl)cc2)cc1)Oc1ccc(Oc2ccccc2)cc1. The summed E-state index contributed by atoms with van der Waals surface area (Å²) in [5.74, 6) is 0.885. The van der Waals surface area contributed by atoms with Gasteiger partial charge in [0.05, 0.1) is 0 Å². The maximum atomic E-state index is 11.7.